The summed E-state index contributed by atoms with van der Waals surface area (Å²) in [5.74, 6) is 0.317. The molecule has 132 valence electrons. The van der Waals surface area contributed by atoms with Crippen LogP contribution in [0.4, 0.5) is 5.13 Å². The van der Waals surface area contributed by atoms with E-state index in [0.717, 1.165) is 35.0 Å². The van der Waals surface area contributed by atoms with Gasteiger partial charge in [0.25, 0.3) is 5.91 Å². The number of amides is 1. The number of hydrogen-bond donors (Lipinski definition) is 0. The van der Waals surface area contributed by atoms with Gasteiger partial charge in [-0.05, 0) is 25.2 Å². The number of carbonyl (C=O) groups excluding carboxylic acids is 1. The van der Waals surface area contributed by atoms with E-state index in [0.29, 0.717) is 12.4 Å². The van der Waals surface area contributed by atoms with E-state index in [1.165, 1.54) is 0 Å². The van der Waals surface area contributed by atoms with E-state index in [1.54, 1.807) is 33.2 Å². The lowest BCUT2D eigenvalue weighted by atomic mass is 10.3. The van der Waals surface area contributed by atoms with Crippen molar-refractivity contribution in [3.8, 4) is 0 Å². The topological polar surface area (TPSA) is 54.3 Å². The van der Waals surface area contributed by atoms with Crippen molar-refractivity contribution in [2.75, 3.05) is 31.1 Å². The second kappa shape index (κ2) is 7.76. The van der Waals surface area contributed by atoms with Crippen molar-refractivity contribution >= 4 is 32.6 Å². The van der Waals surface area contributed by atoms with Gasteiger partial charge in [-0.15, -0.1) is 0 Å². The molecule has 1 aromatic carbocycles. The van der Waals surface area contributed by atoms with E-state index in [1.807, 2.05) is 31.3 Å². The van der Waals surface area contributed by atoms with E-state index < -0.39 is 0 Å². The van der Waals surface area contributed by atoms with Crippen LogP contribution in [0.1, 0.15) is 24.5 Å². The monoisotopic (exact) mass is 357 g/mol. The van der Waals surface area contributed by atoms with Crippen molar-refractivity contribution in [1.82, 2.24) is 19.4 Å². The van der Waals surface area contributed by atoms with Gasteiger partial charge >= 0.3 is 0 Å². The van der Waals surface area contributed by atoms with Crippen molar-refractivity contribution < 1.29 is 4.79 Å². The van der Waals surface area contributed by atoms with Gasteiger partial charge in [-0.2, -0.15) is 0 Å². The van der Waals surface area contributed by atoms with Crippen LogP contribution in [0.2, 0.25) is 0 Å². The summed E-state index contributed by atoms with van der Waals surface area (Å²) in [5, 5.41) is 0.723. The van der Waals surface area contributed by atoms with Crippen LogP contribution in [-0.2, 0) is 7.05 Å². The highest BCUT2D eigenvalue weighted by Crippen LogP contribution is 2.29. The van der Waals surface area contributed by atoms with Gasteiger partial charge < -0.3 is 9.47 Å². The molecule has 0 aliphatic rings. The molecule has 0 aliphatic heterocycles. The molecule has 25 heavy (non-hydrogen) atoms. The minimum atomic E-state index is -0.112. The van der Waals surface area contributed by atoms with Crippen LogP contribution in [-0.4, -0.2) is 51.5 Å². The molecule has 6 nitrogen and oxygen atoms in total. The van der Waals surface area contributed by atoms with Crippen LogP contribution < -0.4 is 4.90 Å². The van der Waals surface area contributed by atoms with Crippen molar-refractivity contribution in [3.63, 3.8) is 0 Å². The lowest BCUT2D eigenvalue weighted by molar-refractivity contribution is 0.0971. The van der Waals surface area contributed by atoms with Crippen LogP contribution in [0.25, 0.3) is 10.2 Å². The van der Waals surface area contributed by atoms with E-state index in [9.17, 15) is 4.79 Å². The molecule has 0 spiro atoms. The SMILES string of the molecule is CCN(CC)CCN(C(=O)c1nccn1C)c1nc2ccccc2s1. The van der Waals surface area contributed by atoms with Gasteiger partial charge in [0, 0.05) is 32.5 Å². The fourth-order valence-electron chi connectivity index (χ4n) is 2.73. The second-order valence-corrected chi connectivity index (χ2v) is 6.82. The van der Waals surface area contributed by atoms with Gasteiger partial charge in [0.15, 0.2) is 11.0 Å². The number of fused-ring (bicyclic) bond motifs is 1. The molecule has 0 bridgehead atoms. The summed E-state index contributed by atoms with van der Waals surface area (Å²) in [4.78, 5) is 26.0. The van der Waals surface area contributed by atoms with Crippen molar-refractivity contribution in [2.45, 2.75) is 13.8 Å². The van der Waals surface area contributed by atoms with Gasteiger partial charge in [-0.3, -0.25) is 9.69 Å². The number of imidazole rings is 1. The zero-order valence-electron chi connectivity index (χ0n) is 14.8. The molecule has 0 atom stereocenters. The maximum Gasteiger partial charge on any atom is 0.296 e. The number of nitrogens with zero attached hydrogens (tertiary/aromatic N) is 5. The highest BCUT2D eigenvalue weighted by atomic mass is 32.1. The zero-order valence-corrected chi connectivity index (χ0v) is 15.7. The number of likely N-dealkylation sites (N-methyl/N-ethyl adjacent to an activating group) is 1. The summed E-state index contributed by atoms with van der Waals surface area (Å²) in [5.41, 5.74) is 0.919. The molecule has 3 aromatic rings. The minimum Gasteiger partial charge on any atom is -0.330 e. The first-order chi connectivity index (χ1) is 12.1. The first-order valence-corrected chi connectivity index (χ1v) is 9.32. The molecule has 2 heterocycles. The first kappa shape index (κ1) is 17.6. The standard InChI is InChI=1S/C18H23N5OS/c1-4-22(5-2)12-13-23(17(24)16-19-10-11-21(16)3)18-20-14-8-6-7-9-15(14)25-18/h6-11H,4-5,12-13H2,1-3H3. The summed E-state index contributed by atoms with van der Waals surface area (Å²) in [7, 11) is 1.83. The summed E-state index contributed by atoms with van der Waals surface area (Å²) in [6, 6.07) is 7.96. The summed E-state index contributed by atoms with van der Waals surface area (Å²) >= 11 is 1.54. The molecule has 3 rings (SSSR count). The van der Waals surface area contributed by atoms with Crippen LogP contribution in [0, 0.1) is 0 Å². The molecule has 0 unspecified atom stereocenters. The Morgan fingerprint density at radius 1 is 1.20 bits per heavy atom. The van der Waals surface area contributed by atoms with Crippen molar-refractivity contribution in [2.24, 2.45) is 7.05 Å². The smallest absolute Gasteiger partial charge is 0.296 e. The number of para-hydroxylation sites is 1. The number of anilines is 1. The molecule has 7 heteroatoms. The van der Waals surface area contributed by atoms with Crippen molar-refractivity contribution in [1.29, 1.82) is 0 Å². The predicted octanol–water partition coefficient (Wildman–Crippen LogP) is 3.02. The van der Waals surface area contributed by atoms with Crippen LogP contribution in [0.15, 0.2) is 36.7 Å². The van der Waals surface area contributed by atoms with Gasteiger partial charge in [0.1, 0.15) is 0 Å². The molecule has 0 saturated heterocycles. The Morgan fingerprint density at radius 3 is 2.60 bits per heavy atom. The highest BCUT2D eigenvalue weighted by Gasteiger charge is 2.24. The Kier molecular flexibility index (Phi) is 5.45. The summed E-state index contributed by atoms with van der Waals surface area (Å²) < 4.78 is 2.83. The van der Waals surface area contributed by atoms with Gasteiger partial charge in [-0.1, -0.05) is 37.3 Å². The summed E-state index contributed by atoms with van der Waals surface area (Å²) in [6.07, 6.45) is 3.43. The fraction of sp³-hybridized carbons (Fsp3) is 0.389. The third kappa shape index (κ3) is 3.72. The normalized spacial score (nSPS) is 11.4. The Labute approximate surface area is 151 Å². The Hall–Kier alpha value is -2.25. The van der Waals surface area contributed by atoms with Crippen LogP contribution in [0.5, 0.6) is 0 Å². The van der Waals surface area contributed by atoms with Crippen molar-refractivity contribution in [3.05, 3.63) is 42.5 Å². The predicted molar refractivity (Wildman–Crippen MR) is 102 cm³/mol. The second-order valence-electron chi connectivity index (χ2n) is 5.81. The zero-order chi connectivity index (χ0) is 17.8. The van der Waals surface area contributed by atoms with E-state index in [2.05, 4.69) is 28.7 Å². The molecule has 0 saturated carbocycles. The molecule has 0 aliphatic carbocycles. The maximum atomic E-state index is 13.1. The Morgan fingerprint density at radius 2 is 1.96 bits per heavy atom. The fourth-order valence-corrected chi connectivity index (χ4v) is 3.72. The van der Waals surface area contributed by atoms with Crippen LogP contribution >= 0.6 is 11.3 Å². The average Bonchev–Trinajstić information content (AvgIpc) is 3.24. The number of hydrogen-bond acceptors (Lipinski definition) is 5. The molecule has 1 amide bonds. The molecule has 0 radical (unpaired) electrons. The number of aromatic nitrogens is 3. The summed E-state index contributed by atoms with van der Waals surface area (Å²) in [6.45, 7) is 7.58. The first-order valence-electron chi connectivity index (χ1n) is 8.51. The number of benzene rings is 1. The van der Waals surface area contributed by atoms with E-state index in [-0.39, 0.29) is 5.91 Å². The quantitative estimate of drug-likeness (QED) is 0.652. The minimum absolute atomic E-state index is 0.112. The average molecular weight is 357 g/mol. The molecule has 0 N–H and O–H groups in total. The van der Waals surface area contributed by atoms with Crippen LogP contribution in [0.3, 0.4) is 0 Å². The molecular weight excluding hydrogens is 334 g/mol. The highest BCUT2D eigenvalue weighted by molar-refractivity contribution is 7.22. The van der Waals surface area contributed by atoms with E-state index >= 15 is 0 Å². The number of aryl methyl sites for hydroxylation is 1. The lowest BCUT2D eigenvalue weighted by Gasteiger charge is -2.24. The third-order valence-corrected chi connectivity index (χ3v) is 5.36. The maximum absolute atomic E-state index is 13.1. The van der Waals surface area contributed by atoms with Gasteiger partial charge in [0.2, 0.25) is 0 Å². The number of rotatable bonds is 7. The van der Waals surface area contributed by atoms with Gasteiger partial charge in [-0.25, -0.2) is 9.97 Å². The number of carbonyl (C=O) groups is 1. The van der Waals surface area contributed by atoms with Gasteiger partial charge in [0.05, 0.1) is 10.2 Å². The largest absolute Gasteiger partial charge is 0.330 e. The lowest BCUT2D eigenvalue weighted by Crippen LogP contribution is -2.39. The molecule has 0 fully saturated rings. The molecule has 2 aromatic heterocycles. The molecular formula is C18H23N5OS. The Balaban J connectivity index is 1.93. The Bertz CT molecular complexity index is 819. The van der Waals surface area contributed by atoms with E-state index in [4.69, 9.17) is 0 Å². The third-order valence-electron chi connectivity index (χ3n) is 4.31. The number of thiazole rings is 1.